The Morgan fingerprint density at radius 2 is 1.35 bits per heavy atom. The zero-order chi connectivity index (χ0) is 23.3. The number of carbonyl (C=O) groups is 1. The Bertz CT molecular complexity index is 1340. The van der Waals surface area contributed by atoms with Crippen molar-refractivity contribution < 1.29 is 9.53 Å². The number of amides is 1. The Morgan fingerprint density at radius 3 is 2.00 bits per heavy atom. The Balaban J connectivity index is 1.48. The Kier molecular flexibility index (Phi) is 5.95. The van der Waals surface area contributed by atoms with Crippen LogP contribution in [0.4, 0.5) is 17.1 Å². The first kappa shape index (κ1) is 21.3. The second-order valence-electron chi connectivity index (χ2n) is 7.95. The van der Waals surface area contributed by atoms with Crippen LogP contribution in [0.2, 0.25) is 0 Å². The molecule has 4 aromatic rings. The van der Waals surface area contributed by atoms with Crippen LogP contribution in [-0.4, -0.2) is 13.0 Å². The minimum Gasteiger partial charge on any atom is -0.497 e. The van der Waals surface area contributed by atoms with E-state index in [0.717, 1.165) is 39.6 Å². The average molecular weight is 445 g/mol. The van der Waals surface area contributed by atoms with Gasteiger partial charge < -0.3 is 10.1 Å². The number of para-hydroxylation sites is 1. The van der Waals surface area contributed by atoms with Gasteiger partial charge in [-0.05, 0) is 71.8 Å². The van der Waals surface area contributed by atoms with Crippen LogP contribution in [0.3, 0.4) is 0 Å². The number of methoxy groups -OCH3 is 1. The zero-order valence-electron chi connectivity index (χ0n) is 18.8. The summed E-state index contributed by atoms with van der Waals surface area (Å²) in [7, 11) is 1.64. The molecule has 4 heteroatoms. The molecule has 4 nitrogen and oxygen atoms in total. The van der Waals surface area contributed by atoms with E-state index in [0.29, 0.717) is 5.57 Å². The van der Waals surface area contributed by atoms with Gasteiger partial charge in [-0.1, -0.05) is 60.7 Å². The molecule has 0 unspecified atom stereocenters. The fourth-order valence-corrected chi connectivity index (χ4v) is 3.95. The van der Waals surface area contributed by atoms with Gasteiger partial charge in [0.25, 0.3) is 5.91 Å². The van der Waals surface area contributed by atoms with E-state index in [1.54, 1.807) is 12.0 Å². The van der Waals surface area contributed by atoms with Crippen LogP contribution in [0.25, 0.3) is 11.8 Å². The lowest BCUT2D eigenvalue weighted by Gasteiger charge is -2.21. The number of hydrogen-bond donors (Lipinski definition) is 1. The summed E-state index contributed by atoms with van der Waals surface area (Å²) < 4.78 is 5.24. The summed E-state index contributed by atoms with van der Waals surface area (Å²) >= 11 is 0. The fraction of sp³-hybridized carbons (Fsp3) is 0.0333. The normalized spacial score (nSPS) is 14.3. The maximum absolute atomic E-state index is 13.6. The average Bonchev–Trinajstić information content (AvgIpc) is 3.22. The number of hydrogen-bond acceptors (Lipinski definition) is 3. The topological polar surface area (TPSA) is 41.6 Å². The number of nitrogens with one attached hydrogen (secondary N) is 1. The van der Waals surface area contributed by atoms with Crippen molar-refractivity contribution in [3.05, 3.63) is 132 Å². The highest BCUT2D eigenvalue weighted by molar-refractivity contribution is 6.23. The number of benzene rings is 4. The van der Waals surface area contributed by atoms with E-state index in [1.165, 1.54) is 0 Å². The first-order valence-electron chi connectivity index (χ1n) is 11.1. The molecule has 0 saturated heterocycles. The number of nitrogens with zero attached hydrogens (tertiary/aromatic N) is 1. The van der Waals surface area contributed by atoms with Gasteiger partial charge in [0, 0.05) is 22.6 Å². The second-order valence-corrected chi connectivity index (χ2v) is 7.95. The van der Waals surface area contributed by atoms with Gasteiger partial charge in [-0.3, -0.25) is 9.69 Å². The summed E-state index contributed by atoms with van der Waals surface area (Å²) in [6.45, 7) is 0. The van der Waals surface area contributed by atoms with Crippen LogP contribution < -0.4 is 15.0 Å². The van der Waals surface area contributed by atoms with E-state index in [4.69, 9.17) is 4.74 Å². The summed E-state index contributed by atoms with van der Waals surface area (Å²) in [6.07, 6.45) is 3.87. The molecule has 1 amide bonds. The monoisotopic (exact) mass is 444 g/mol. The maximum Gasteiger partial charge on any atom is 0.262 e. The molecule has 0 aliphatic carbocycles. The lowest BCUT2D eigenvalue weighted by molar-refractivity contribution is -0.113. The molecule has 0 atom stereocenters. The molecule has 0 radical (unpaired) electrons. The van der Waals surface area contributed by atoms with Gasteiger partial charge >= 0.3 is 0 Å². The molecule has 0 bridgehead atoms. The Hall–Kier alpha value is -4.57. The van der Waals surface area contributed by atoms with Gasteiger partial charge in [-0.15, -0.1) is 0 Å². The van der Waals surface area contributed by atoms with E-state index in [-0.39, 0.29) is 5.91 Å². The van der Waals surface area contributed by atoms with Crippen molar-refractivity contribution in [2.75, 3.05) is 17.3 Å². The van der Waals surface area contributed by atoms with Crippen molar-refractivity contribution in [2.24, 2.45) is 0 Å². The highest BCUT2D eigenvalue weighted by Gasteiger charge is 2.30. The summed E-state index contributed by atoms with van der Waals surface area (Å²) in [6, 6.07) is 35.6. The third-order valence-corrected chi connectivity index (χ3v) is 5.68. The first-order valence-corrected chi connectivity index (χ1v) is 11.1. The van der Waals surface area contributed by atoms with Gasteiger partial charge in [0.15, 0.2) is 0 Å². The minimum absolute atomic E-state index is 0.0570. The lowest BCUT2D eigenvalue weighted by Crippen LogP contribution is -2.24. The van der Waals surface area contributed by atoms with Gasteiger partial charge in [0.2, 0.25) is 0 Å². The molecule has 4 aromatic carbocycles. The largest absolute Gasteiger partial charge is 0.497 e. The van der Waals surface area contributed by atoms with E-state index in [9.17, 15) is 4.79 Å². The lowest BCUT2D eigenvalue weighted by atomic mass is 10.1. The molecule has 1 N–H and O–H groups in total. The van der Waals surface area contributed by atoms with Crippen LogP contribution in [-0.2, 0) is 4.79 Å². The molecular formula is C30H24N2O2. The SMILES string of the molecule is COc1ccc(C=C2C=C(c3ccccc3)N(c3ccc(Nc4ccccc4)cc3)C2=O)cc1. The maximum atomic E-state index is 13.6. The van der Waals surface area contributed by atoms with E-state index in [1.807, 2.05) is 121 Å². The minimum atomic E-state index is -0.0570. The van der Waals surface area contributed by atoms with Crippen molar-refractivity contribution in [3.8, 4) is 5.75 Å². The number of carbonyl (C=O) groups excluding carboxylic acids is 1. The summed E-state index contributed by atoms with van der Waals surface area (Å²) in [5.74, 6) is 0.727. The Morgan fingerprint density at radius 1 is 0.735 bits per heavy atom. The third-order valence-electron chi connectivity index (χ3n) is 5.68. The highest BCUT2D eigenvalue weighted by atomic mass is 16.5. The van der Waals surface area contributed by atoms with Crippen LogP contribution >= 0.6 is 0 Å². The van der Waals surface area contributed by atoms with E-state index >= 15 is 0 Å². The Labute approximate surface area is 199 Å². The molecular weight excluding hydrogens is 420 g/mol. The molecule has 1 aliphatic rings. The van der Waals surface area contributed by atoms with E-state index < -0.39 is 0 Å². The predicted molar refractivity (Wildman–Crippen MR) is 139 cm³/mol. The summed E-state index contributed by atoms with van der Waals surface area (Å²) in [5.41, 5.74) is 6.21. The predicted octanol–water partition coefficient (Wildman–Crippen LogP) is 6.91. The molecule has 1 heterocycles. The number of ether oxygens (including phenoxy) is 1. The van der Waals surface area contributed by atoms with Crippen molar-refractivity contribution in [3.63, 3.8) is 0 Å². The van der Waals surface area contributed by atoms with Crippen LogP contribution in [0, 0.1) is 0 Å². The molecule has 0 saturated carbocycles. The quantitative estimate of drug-likeness (QED) is 0.329. The van der Waals surface area contributed by atoms with Crippen molar-refractivity contribution in [1.82, 2.24) is 0 Å². The highest BCUT2D eigenvalue weighted by Crippen LogP contribution is 2.36. The summed E-state index contributed by atoms with van der Waals surface area (Å²) in [4.78, 5) is 15.3. The van der Waals surface area contributed by atoms with Crippen molar-refractivity contribution >= 4 is 34.7 Å². The van der Waals surface area contributed by atoms with E-state index in [2.05, 4.69) is 5.32 Å². The standard InChI is InChI=1S/C30H24N2O2/c1-34-28-18-12-22(13-19-28)20-24-21-29(23-8-4-2-5-9-23)32(30(24)33)27-16-14-26(15-17-27)31-25-10-6-3-7-11-25/h2-21,31H,1H3. The van der Waals surface area contributed by atoms with Crippen molar-refractivity contribution in [1.29, 1.82) is 0 Å². The van der Waals surface area contributed by atoms with Crippen LogP contribution in [0.15, 0.2) is 121 Å². The van der Waals surface area contributed by atoms with Gasteiger partial charge in [-0.2, -0.15) is 0 Å². The molecule has 166 valence electrons. The zero-order valence-corrected chi connectivity index (χ0v) is 18.8. The number of rotatable bonds is 6. The van der Waals surface area contributed by atoms with Crippen LogP contribution in [0.1, 0.15) is 11.1 Å². The second kappa shape index (κ2) is 9.51. The number of anilines is 3. The van der Waals surface area contributed by atoms with Crippen molar-refractivity contribution in [2.45, 2.75) is 0 Å². The van der Waals surface area contributed by atoms with Gasteiger partial charge in [0.1, 0.15) is 5.75 Å². The summed E-state index contributed by atoms with van der Waals surface area (Å²) in [5, 5.41) is 3.39. The molecule has 5 rings (SSSR count). The molecule has 1 aliphatic heterocycles. The first-order chi connectivity index (χ1) is 16.7. The van der Waals surface area contributed by atoms with Gasteiger partial charge in [0.05, 0.1) is 12.8 Å². The fourth-order valence-electron chi connectivity index (χ4n) is 3.95. The van der Waals surface area contributed by atoms with Crippen LogP contribution in [0.5, 0.6) is 5.75 Å². The smallest absolute Gasteiger partial charge is 0.262 e. The molecule has 34 heavy (non-hydrogen) atoms. The third kappa shape index (κ3) is 4.48. The molecule has 0 spiro atoms. The molecule has 0 fully saturated rings. The van der Waals surface area contributed by atoms with Gasteiger partial charge in [-0.25, -0.2) is 0 Å². The molecule has 0 aromatic heterocycles.